The summed E-state index contributed by atoms with van der Waals surface area (Å²) in [5, 5.41) is 14.9. The number of hydrogen-bond donors (Lipinski definition) is 3. The second-order valence-corrected chi connectivity index (χ2v) is 6.99. The Kier molecular flexibility index (Phi) is 6.23. The first-order valence-electron chi connectivity index (χ1n) is 8.36. The van der Waals surface area contributed by atoms with E-state index in [0.717, 1.165) is 5.56 Å². The minimum absolute atomic E-state index is 0.111. The smallest absolute Gasteiger partial charge is 0.336 e. The predicted molar refractivity (Wildman–Crippen MR) is 106 cm³/mol. The van der Waals surface area contributed by atoms with Gasteiger partial charge in [-0.1, -0.05) is 31.5 Å². The number of aromatic carboxylic acids is 1. The molecule has 0 radical (unpaired) electrons. The van der Waals surface area contributed by atoms with Crippen LogP contribution in [0.2, 0.25) is 5.02 Å². The van der Waals surface area contributed by atoms with Crippen LogP contribution in [0.1, 0.15) is 45.7 Å². The average molecular weight is 389 g/mol. The minimum atomic E-state index is -1.07. The summed E-state index contributed by atoms with van der Waals surface area (Å²) in [6.45, 7) is 6.99. The van der Waals surface area contributed by atoms with Crippen molar-refractivity contribution < 1.29 is 19.5 Å². The van der Waals surface area contributed by atoms with Gasteiger partial charge in [0.25, 0.3) is 5.91 Å². The van der Waals surface area contributed by atoms with Gasteiger partial charge >= 0.3 is 5.97 Å². The van der Waals surface area contributed by atoms with Crippen LogP contribution in [0.3, 0.4) is 0 Å². The van der Waals surface area contributed by atoms with Gasteiger partial charge in [0, 0.05) is 17.3 Å². The number of carbonyl (C=O) groups is 3. The molecule has 7 heteroatoms. The first-order valence-corrected chi connectivity index (χ1v) is 8.74. The number of hydrogen-bond acceptors (Lipinski definition) is 3. The van der Waals surface area contributed by atoms with Crippen LogP contribution >= 0.6 is 11.6 Å². The molecule has 2 rings (SSSR count). The Balaban J connectivity index is 2.32. The van der Waals surface area contributed by atoms with E-state index in [2.05, 4.69) is 10.6 Å². The average Bonchev–Trinajstić information content (AvgIpc) is 2.58. The van der Waals surface area contributed by atoms with Gasteiger partial charge in [-0.05, 0) is 49.2 Å². The van der Waals surface area contributed by atoms with Gasteiger partial charge in [-0.3, -0.25) is 9.59 Å². The van der Waals surface area contributed by atoms with Crippen LogP contribution < -0.4 is 10.6 Å². The van der Waals surface area contributed by atoms with Gasteiger partial charge in [-0.15, -0.1) is 0 Å². The van der Waals surface area contributed by atoms with Gasteiger partial charge in [-0.25, -0.2) is 4.79 Å². The summed E-state index contributed by atoms with van der Waals surface area (Å²) in [5.74, 6) is -1.95. The van der Waals surface area contributed by atoms with Crippen molar-refractivity contribution in [2.45, 2.75) is 27.7 Å². The fourth-order valence-corrected chi connectivity index (χ4v) is 2.67. The molecule has 0 atom stereocenters. The highest BCUT2D eigenvalue weighted by Crippen LogP contribution is 2.25. The molecule has 0 aromatic heterocycles. The standard InChI is InChI=1S/C20H21ClN2O4/c1-10(2)18(24)22-13-5-6-16(21)15(8-13)19(25)23-17-9-14(20(26)27)11(3)7-12(17)4/h5-10H,1-4H3,(H,22,24)(H,23,25)(H,26,27). The van der Waals surface area contributed by atoms with Crippen LogP contribution in [0.25, 0.3) is 0 Å². The van der Waals surface area contributed by atoms with Crippen molar-refractivity contribution in [3.63, 3.8) is 0 Å². The summed E-state index contributed by atoms with van der Waals surface area (Å²) >= 11 is 6.14. The van der Waals surface area contributed by atoms with Gasteiger partial charge in [0.15, 0.2) is 0 Å². The lowest BCUT2D eigenvalue weighted by molar-refractivity contribution is -0.118. The van der Waals surface area contributed by atoms with Crippen LogP contribution in [-0.2, 0) is 4.79 Å². The molecule has 27 heavy (non-hydrogen) atoms. The quantitative estimate of drug-likeness (QED) is 0.702. The monoisotopic (exact) mass is 388 g/mol. The van der Waals surface area contributed by atoms with Crippen molar-refractivity contribution >= 4 is 40.8 Å². The van der Waals surface area contributed by atoms with Crippen molar-refractivity contribution in [1.29, 1.82) is 0 Å². The largest absolute Gasteiger partial charge is 0.478 e. The van der Waals surface area contributed by atoms with Gasteiger partial charge in [0.05, 0.1) is 16.1 Å². The Labute approximate surface area is 162 Å². The van der Waals surface area contributed by atoms with Crippen molar-refractivity contribution in [2.24, 2.45) is 5.92 Å². The van der Waals surface area contributed by atoms with E-state index in [-0.39, 0.29) is 28.0 Å². The lowest BCUT2D eigenvalue weighted by Crippen LogP contribution is -2.19. The van der Waals surface area contributed by atoms with E-state index < -0.39 is 11.9 Å². The maximum Gasteiger partial charge on any atom is 0.336 e. The third-order valence-electron chi connectivity index (χ3n) is 4.05. The molecule has 0 spiro atoms. The predicted octanol–water partition coefficient (Wildman–Crippen LogP) is 4.50. The molecule has 0 heterocycles. The summed E-state index contributed by atoms with van der Waals surface area (Å²) in [7, 11) is 0. The number of amides is 2. The molecule has 2 aromatic carbocycles. The topological polar surface area (TPSA) is 95.5 Å². The van der Waals surface area contributed by atoms with Gasteiger partial charge < -0.3 is 15.7 Å². The van der Waals surface area contributed by atoms with Crippen LogP contribution in [-0.4, -0.2) is 22.9 Å². The molecule has 0 aliphatic heterocycles. The number of carbonyl (C=O) groups excluding carboxylic acids is 2. The lowest BCUT2D eigenvalue weighted by atomic mass is 10.0. The lowest BCUT2D eigenvalue weighted by Gasteiger charge is -2.13. The zero-order chi connectivity index (χ0) is 20.3. The van der Waals surface area contributed by atoms with Crippen LogP contribution in [0, 0.1) is 19.8 Å². The molecular weight excluding hydrogens is 368 g/mol. The molecule has 3 N–H and O–H groups in total. The fourth-order valence-electron chi connectivity index (χ4n) is 2.47. The normalized spacial score (nSPS) is 10.6. The first kappa shape index (κ1) is 20.5. The zero-order valence-corrected chi connectivity index (χ0v) is 16.3. The first-order chi connectivity index (χ1) is 12.6. The molecule has 0 aliphatic carbocycles. The highest BCUT2D eigenvalue weighted by atomic mass is 35.5. The summed E-state index contributed by atoms with van der Waals surface area (Å²) < 4.78 is 0. The molecule has 2 aromatic rings. The van der Waals surface area contributed by atoms with Crippen molar-refractivity contribution in [2.75, 3.05) is 10.6 Å². The van der Waals surface area contributed by atoms with E-state index in [1.165, 1.54) is 18.2 Å². The minimum Gasteiger partial charge on any atom is -0.478 e. The summed E-state index contributed by atoms with van der Waals surface area (Å²) in [6, 6.07) is 7.73. The maximum absolute atomic E-state index is 12.7. The number of halogens is 1. The van der Waals surface area contributed by atoms with Gasteiger partial charge in [-0.2, -0.15) is 0 Å². The Morgan fingerprint density at radius 3 is 2.22 bits per heavy atom. The highest BCUT2D eigenvalue weighted by Gasteiger charge is 2.16. The summed E-state index contributed by atoms with van der Waals surface area (Å²) in [6.07, 6.45) is 0. The number of carboxylic acids is 1. The molecule has 0 bridgehead atoms. The van der Waals surface area contributed by atoms with Crippen LogP contribution in [0.4, 0.5) is 11.4 Å². The SMILES string of the molecule is Cc1cc(C)c(C(=O)O)cc1NC(=O)c1cc(NC(=O)C(C)C)ccc1Cl. The van der Waals surface area contributed by atoms with Crippen molar-refractivity contribution in [1.82, 2.24) is 0 Å². The zero-order valence-electron chi connectivity index (χ0n) is 15.5. The molecule has 0 unspecified atom stereocenters. The number of anilines is 2. The highest BCUT2D eigenvalue weighted by molar-refractivity contribution is 6.34. The van der Waals surface area contributed by atoms with E-state index in [1.54, 1.807) is 39.8 Å². The number of carboxylic acid groups (broad SMARTS) is 1. The molecule has 2 amide bonds. The maximum atomic E-state index is 12.7. The Bertz CT molecular complexity index is 922. The van der Waals surface area contributed by atoms with Gasteiger partial charge in [0.1, 0.15) is 0 Å². The molecule has 6 nitrogen and oxygen atoms in total. The summed E-state index contributed by atoms with van der Waals surface area (Å²) in [5.41, 5.74) is 2.46. The summed E-state index contributed by atoms with van der Waals surface area (Å²) in [4.78, 5) is 35.8. The molecule has 0 saturated carbocycles. The molecule has 142 valence electrons. The fraction of sp³-hybridized carbons (Fsp3) is 0.250. The molecule has 0 aliphatic rings. The van der Waals surface area contributed by atoms with Crippen LogP contribution in [0.15, 0.2) is 30.3 Å². The van der Waals surface area contributed by atoms with Crippen LogP contribution in [0.5, 0.6) is 0 Å². The molecule has 0 saturated heterocycles. The number of benzene rings is 2. The van der Waals surface area contributed by atoms with E-state index in [0.29, 0.717) is 16.9 Å². The molecular formula is C20H21ClN2O4. The second-order valence-electron chi connectivity index (χ2n) is 6.58. The van der Waals surface area contributed by atoms with Crippen molar-refractivity contribution in [3.8, 4) is 0 Å². The van der Waals surface area contributed by atoms with E-state index in [9.17, 15) is 19.5 Å². The second kappa shape index (κ2) is 8.22. The van der Waals surface area contributed by atoms with E-state index in [1.807, 2.05) is 0 Å². The van der Waals surface area contributed by atoms with Gasteiger partial charge in [0.2, 0.25) is 5.91 Å². The number of aryl methyl sites for hydroxylation is 2. The Morgan fingerprint density at radius 2 is 1.63 bits per heavy atom. The number of rotatable bonds is 5. The third-order valence-corrected chi connectivity index (χ3v) is 4.38. The van der Waals surface area contributed by atoms with E-state index >= 15 is 0 Å². The Morgan fingerprint density at radius 1 is 0.963 bits per heavy atom. The Hall–Kier alpha value is -2.86. The van der Waals surface area contributed by atoms with E-state index in [4.69, 9.17) is 11.6 Å². The molecule has 0 fully saturated rings. The third kappa shape index (κ3) is 4.86. The van der Waals surface area contributed by atoms with Crippen molar-refractivity contribution in [3.05, 3.63) is 57.6 Å². The number of nitrogens with one attached hydrogen (secondary N) is 2.